The largest absolute Gasteiger partial charge is 0.462 e. The van der Waals surface area contributed by atoms with Crippen LogP contribution in [-0.4, -0.2) is 37.2 Å². The van der Waals surface area contributed by atoms with E-state index in [9.17, 15) is 14.4 Å². The van der Waals surface area contributed by atoms with Crippen molar-refractivity contribution in [3.63, 3.8) is 0 Å². The molecule has 0 amide bonds. The van der Waals surface area contributed by atoms with E-state index in [4.69, 9.17) is 14.2 Å². The number of hydrogen-bond acceptors (Lipinski definition) is 6. The topological polar surface area (TPSA) is 78.9 Å². The van der Waals surface area contributed by atoms with E-state index in [2.05, 4.69) is 106 Å². The summed E-state index contributed by atoms with van der Waals surface area (Å²) in [6.45, 7) is 6.50. The number of ether oxygens (including phenoxy) is 3. The van der Waals surface area contributed by atoms with Crippen LogP contribution in [0.4, 0.5) is 0 Å². The molecule has 0 bridgehead atoms. The standard InChI is InChI=1S/C71H124O6/c1-4-7-10-13-16-19-22-25-26-27-28-29-30-31-32-33-34-35-36-37-38-39-40-41-42-43-44-47-49-52-55-58-61-64-70(73)76-67-68(77-71(74)65-62-59-56-53-50-46-24-21-18-15-12-9-6-3)66-75-69(72)63-60-57-54-51-48-45-23-20-17-14-11-8-5-2/h11-12,14-15,20-25,27-28,30-31,68H,4-10,13,16-19,26,29,32-67H2,1-3H3/b14-11-,15-12-,23-20-,24-21-,25-22-,28-27-,31-30-. The molecule has 0 aromatic heterocycles. The third-order valence-corrected chi connectivity index (χ3v) is 14.3. The van der Waals surface area contributed by atoms with Gasteiger partial charge in [0.2, 0.25) is 0 Å². The Labute approximate surface area is 477 Å². The highest BCUT2D eigenvalue weighted by atomic mass is 16.6. The average molecular weight is 1070 g/mol. The van der Waals surface area contributed by atoms with Crippen LogP contribution >= 0.6 is 0 Å². The zero-order valence-corrected chi connectivity index (χ0v) is 51.0. The predicted octanol–water partition coefficient (Wildman–Crippen LogP) is 22.7. The van der Waals surface area contributed by atoms with E-state index in [0.717, 1.165) is 135 Å². The minimum Gasteiger partial charge on any atom is -0.462 e. The Morgan fingerprint density at radius 2 is 0.494 bits per heavy atom. The van der Waals surface area contributed by atoms with Crippen molar-refractivity contribution in [2.45, 2.75) is 335 Å². The summed E-state index contributed by atoms with van der Waals surface area (Å²) >= 11 is 0. The van der Waals surface area contributed by atoms with Crippen molar-refractivity contribution in [2.75, 3.05) is 13.2 Å². The lowest BCUT2D eigenvalue weighted by atomic mass is 10.0. The van der Waals surface area contributed by atoms with Crippen LogP contribution in [0.5, 0.6) is 0 Å². The van der Waals surface area contributed by atoms with Crippen LogP contribution < -0.4 is 0 Å². The summed E-state index contributed by atoms with van der Waals surface area (Å²) in [6.07, 6.45) is 86.2. The molecule has 0 aliphatic heterocycles. The predicted molar refractivity (Wildman–Crippen MR) is 334 cm³/mol. The molecule has 444 valence electrons. The molecule has 0 aliphatic carbocycles. The van der Waals surface area contributed by atoms with Crippen LogP contribution in [0.15, 0.2) is 85.1 Å². The van der Waals surface area contributed by atoms with Crippen molar-refractivity contribution in [3.8, 4) is 0 Å². The Morgan fingerprint density at radius 1 is 0.260 bits per heavy atom. The molecule has 0 spiro atoms. The van der Waals surface area contributed by atoms with E-state index in [1.165, 1.54) is 154 Å². The Hall–Kier alpha value is -3.41. The van der Waals surface area contributed by atoms with Crippen LogP contribution in [0.1, 0.15) is 329 Å². The second kappa shape index (κ2) is 65.1. The van der Waals surface area contributed by atoms with E-state index in [0.29, 0.717) is 19.3 Å². The quantitative estimate of drug-likeness (QED) is 0.0261. The highest BCUT2D eigenvalue weighted by Gasteiger charge is 2.19. The van der Waals surface area contributed by atoms with E-state index in [1.807, 2.05) is 0 Å². The summed E-state index contributed by atoms with van der Waals surface area (Å²) in [5.74, 6) is -0.903. The van der Waals surface area contributed by atoms with E-state index in [1.54, 1.807) is 0 Å². The van der Waals surface area contributed by atoms with Crippen LogP contribution in [0, 0.1) is 0 Å². The molecule has 6 nitrogen and oxygen atoms in total. The van der Waals surface area contributed by atoms with Gasteiger partial charge < -0.3 is 14.2 Å². The molecule has 77 heavy (non-hydrogen) atoms. The summed E-state index contributed by atoms with van der Waals surface area (Å²) in [5, 5.41) is 0. The first-order valence-electron chi connectivity index (χ1n) is 33.1. The highest BCUT2D eigenvalue weighted by Crippen LogP contribution is 2.17. The summed E-state index contributed by atoms with van der Waals surface area (Å²) in [7, 11) is 0. The first-order chi connectivity index (χ1) is 38.0. The van der Waals surface area contributed by atoms with Crippen molar-refractivity contribution in [3.05, 3.63) is 85.1 Å². The maximum atomic E-state index is 12.8. The molecular formula is C71H124O6. The molecule has 0 rings (SSSR count). The number of unbranched alkanes of at least 4 members (excludes halogenated alkanes) is 35. The molecule has 0 saturated heterocycles. The molecule has 0 radical (unpaired) electrons. The number of carbonyl (C=O) groups is 3. The van der Waals surface area contributed by atoms with Crippen LogP contribution in [0.25, 0.3) is 0 Å². The average Bonchev–Trinajstić information content (AvgIpc) is 3.43. The zero-order valence-electron chi connectivity index (χ0n) is 51.0. The zero-order chi connectivity index (χ0) is 55.7. The van der Waals surface area contributed by atoms with Crippen molar-refractivity contribution >= 4 is 17.9 Å². The summed E-state index contributed by atoms with van der Waals surface area (Å²) in [5.41, 5.74) is 0. The van der Waals surface area contributed by atoms with Gasteiger partial charge in [0.05, 0.1) is 0 Å². The third kappa shape index (κ3) is 63.3. The van der Waals surface area contributed by atoms with E-state index >= 15 is 0 Å². The SMILES string of the molecule is CCC/C=C\C/C=C\CCCCCCCC(=O)OCC(COC(=O)CCCCCCCCCCCCCCCCCCCC/C=C\C/C=C\C/C=C\CCCCCCC)OC(=O)CCCCCCC/C=C\C/C=C\CCC. The van der Waals surface area contributed by atoms with E-state index < -0.39 is 6.10 Å². The van der Waals surface area contributed by atoms with Crippen molar-refractivity contribution < 1.29 is 28.6 Å². The van der Waals surface area contributed by atoms with Crippen molar-refractivity contribution in [1.82, 2.24) is 0 Å². The van der Waals surface area contributed by atoms with Gasteiger partial charge in [0, 0.05) is 19.3 Å². The van der Waals surface area contributed by atoms with Crippen LogP contribution in [0.2, 0.25) is 0 Å². The van der Waals surface area contributed by atoms with Gasteiger partial charge in [-0.3, -0.25) is 14.4 Å². The van der Waals surface area contributed by atoms with Gasteiger partial charge in [-0.25, -0.2) is 0 Å². The maximum absolute atomic E-state index is 12.8. The summed E-state index contributed by atoms with van der Waals surface area (Å²) in [6, 6.07) is 0. The second-order valence-electron chi connectivity index (χ2n) is 22.0. The first-order valence-corrected chi connectivity index (χ1v) is 33.1. The van der Waals surface area contributed by atoms with Crippen molar-refractivity contribution in [1.29, 1.82) is 0 Å². The van der Waals surface area contributed by atoms with Gasteiger partial charge in [-0.1, -0.05) is 286 Å². The van der Waals surface area contributed by atoms with Gasteiger partial charge in [-0.05, 0) is 109 Å². The molecule has 1 unspecified atom stereocenters. The molecular weight excluding hydrogens is 949 g/mol. The number of allylic oxidation sites excluding steroid dienone is 14. The fourth-order valence-corrected chi connectivity index (χ4v) is 9.35. The molecule has 0 aliphatic rings. The Bertz CT molecular complexity index is 1470. The van der Waals surface area contributed by atoms with Crippen LogP contribution in [-0.2, 0) is 28.6 Å². The lowest BCUT2D eigenvalue weighted by molar-refractivity contribution is -0.167. The van der Waals surface area contributed by atoms with Crippen LogP contribution in [0.3, 0.4) is 0 Å². The highest BCUT2D eigenvalue weighted by molar-refractivity contribution is 5.71. The smallest absolute Gasteiger partial charge is 0.306 e. The molecule has 1 atom stereocenters. The molecule has 0 heterocycles. The second-order valence-corrected chi connectivity index (χ2v) is 22.0. The van der Waals surface area contributed by atoms with Gasteiger partial charge in [0.15, 0.2) is 6.10 Å². The Kier molecular flexibility index (Phi) is 62.2. The molecule has 0 aromatic rings. The van der Waals surface area contributed by atoms with Gasteiger partial charge in [-0.15, -0.1) is 0 Å². The number of hydrogen-bond donors (Lipinski definition) is 0. The Morgan fingerprint density at radius 3 is 0.779 bits per heavy atom. The number of esters is 3. The number of rotatable bonds is 60. The van der Waals surface area contributed by atoms with E-state index in [-0.39, 0.29) is 31.1 Å². The van der Waals surface area contributed by atoms with Gasteiger partial charge in [-0.2, -0.15) is 0 Å². The van der Waals surface area contributed by atoms with Gasteiger partial charge in [0.1, 0.15) is 13.2 Å². The summed E-state index contributed by atoms with van der Waals surface area (Å²) < 4.78 is 16.9. The minimum atomic E-state index is -0.789. The maximum Gasteiger partial charge on any atom is 0.306 e. The fraction of sp³-hybridized carbons (Fsp3) is 0.761. The first kappa shape index (κ1) is 73.6. The Balaban J connectivity index is 4.11. The lowest BCUT2D eigenvalue weighted by Gasteiger charge is -2.18. The minimum absolute atomic E-state index is 0.0845. The molecule has 0 fully saturated rings. The lowest BCUT2D eigenvalue weighted by Crippen LogP contribution is -2.30. The molecule has 0 aromatic carbocycles. The molecule has 0 saturated carbocycles. The monoisotopic (exact) mass is 1070 g/mol. The normalized spacial score (nSPS) is 12.6. The van der Waals surface area contributed by atoms with Crippen molar-refractivity contribution in [2.24, 2.45) is 0 Å². The third-order valence-electron chi connectivity index (χ3n) is 14.3. The molecule has 0 N–H and O–H groups in total. The molecule has 6 heteroatoms. The fourth-order valence-electron chi connectivity index (χ4n) is 9.35. The number of carbonyl (C=O) groups excluding carboxylic acids is 3. The summed E-state index contributed by atoms with van der Waals surface area (Å²) in [4.78, 5) is 38.2. The van der Waals surface area contributed by atoms with Gasteiger partial charge >= 0.3 is 17.9 Å². The van der Waals surface area contributed by atoms with Gasteiger partial charge in [0.25, 0.3) is 0 Å².